The molecule has 0 aromatic heterocycles. The van der Waals surface area contributed by atoms with E-state index in [0.717, 1.165) is 0 Å². The predicted molar refractivity (Wildman–Crippen MR) is 69.4 cm³/mol. The largest absolute Gasteiger partial charge is 0.401 e. The van der Waals surface area contributed by atoms with Gasteiger partial charge in [-0.2, -0.15) is 13.2 Å². The number of alkyl halides is 3. The summed E-state index contributed by atoms with van der Waals surface area (Å²) >= 11 is 0. The summed E-state index contributed by atoms with van der Waals surface area (Å²) in [7, 11) is 0. The SMILES string of the molecule is O=C1CCN(C(=O)C2CCCN(CC(F)(F)F)C2)CCN1. The molecular weight excluding hydrogens is 287 g/mol. The first-order chi connectivity index (χ1) is 9.85. The zero-order valence-electron chi connectivity index (χ0n) is 11.8. The maximum atomic E-state index is 12.4. The third-order valence-electron chi connectivity index (χ3n) is 3.88. The second kappa shape index (κ2) is 6.64. The van der Waals surface area contributed by atoms with E-state index in [1.54, 1.807) is 4.90 Å². The average molecular weight is 307 g/mol. The van der Waals surface area contributed by atoms with Crippen LogP contribution < -0.4 is 5.32 Å². The lowest BCUT2D eigenvalue weighted by Gasteiger charge is -2.34. The molecule has 0 bridgehead atoms. The Morgan fingerprint density at radius 3 is 2.76 bits per heavy atom. The Balaban J connectivity index is 1.90. The molecule has 21 heavy (non-hydrogen) atoms. The van der Waals surface area contributed by atoms with Gasteiger partial charge in [0.2, 0.25) is 11.8 Å². The summed E-state index contributed by atoms with van der Waals surface area (Å²) in [6.07, 6.45) is -2.77. The van der Waals surface area contributed by atoms with Crippen molar-refractivity contribution in [1.29, 1.82) is 0 Å². The lowest BCUT2D eigenvalue weighted by atomic mass is 9.96. The highest BCUT2D eigenvalue weighted by molar-refractivity contribution is 5.81. The Labute approximate surface area is 121 Å². The van der Waals surface area contributed by atoms with Crippen LogP contribution in [0, 0.1) is 5.92 Å². The minimum Gasteiger partial charge on any atom is -0.354 e. The third-order valence-corrected chi connectivity index (χ3v) is 3.88. The van der Waals surface area contributed by atoms with Crippen LogP contribution in [-0.2, 0) is 9.59 Å². The van der Waals surface area contributed by atoms with Crippen molar-refractivity contribution in [2.75, 3.05) is 39.3 Å². The van der Waals surface area contributed by atoms with Gasteiger partial charge in [0, 0.05) is 32.6 Å². The van der Waals surface area contributed by atoms with Crippen molar-refractivity contribution in [2.24, 2.45) is 5.92 Å². The minimum atomic E-state index is -4.23. The second-order valence-corrected chi connectivity index (χ2v) is 5.61. The molecule has 0 aromatic rings. The fourth-order valence-electron chi connectivity index (χ4n) is 2.90. The van der Waals surface area contributed by atoms with Gasteiger partial charge in [-0.25, -0.2) is 0 Å². The molecule has 5 nitrogen and oxygen atoms in total. The Kier molecular flexibility index (Phi) is 5.08. The number of nitrogens with zero attached hydrogens (tertiary/aromatic N) is 2. The number of hydrogen-bond acceptors (Lipinski definition) is 3. The van der Waals surface area contributed by atoms with Crippen LogP contribution in [0.1, 0.15) is 19.3 Å². The summed E-state index contributed by atoms with van der Waals surface area (Å²) in [6.45, 7) is 0.751. The Morgan fingerprint density at radius 1 is 1.29 bits per heavy atom. The van der Waals surface area contributed by atoms with E-state index in [-0.39, 0.29) is 24.8 Å². The number of rotatable bonds is 2. The molecular formula is C13H20F3N3O2. The van der Waals surface area contributed by atoms with Gasteiger partial charge in [-0.05, 0) is 19.4 Å². The zero-order chi connectivity index (χ0) is 15.5. The molecule has 2 aliphatic heterocycles. The summed E-state index contributed by atoms with van der Waals surface area (Å²) in [4.78, 5) is 26.6. The van der Waals surface area contributed by atoms with Crippen LogP contribution in [0.25, 0.3) is 0 Å². The molecule has 0 aliphatic carbocycles. The smallest absolute Gasteiger partial charge is 0.354 e. The van der Waals surface area contributed by atoms with Gasteiger partial charge < -0.3 is 10.2 Å². The molecule has 1 N–H and O–H groups in total. The molecule has 1 unspecified atom stereocenters. The minimum absolute atomic E-state index is 0.0901. The van der Waals surface area contributed by atoms with Gasteiger partial charge in [0.15, 0.2) is 0 Å². The van der Waals surface area contributed by atoms with E-state index in [9.17, 15) is 22.8 Å². The molecule has 0 spiro atoms. The summed E-state index contributed by atoms with van der Waals surface area (Å²) in [5, 5.41) is 2.68. The lowest BCUT2D eigenvalue weighted by molar-refractivity contribution is -0.154. The molecule has 0 saturated carbocycles. The number of likely N-dealkylation sites (tertiary alicyclic amines) is 1. The quantitative estimate of drug-likeness (QED) is 0.813. The Morgan fingerprint density at radius 2 is 2.05 bits per heavy atom. The molecule has 120 valence electrons. The number of carbonyl (C=O) groups is 2. The van der Waals surface area contributed by atoms with Crippen LogP contribution in [-0.4, -0.2) is 67.1 Å². The van der Waals surface area contributed by atoms with Crippen molar-refractivity contribution in [3.63, 3.8) is 0 Å². The fourth-order valence-corrected chi connectivity index (χ4v) is 2.90. The first kappa shape index (κ1) is 16.1. The highest BCUT2D eigenvalue weighted by Gasteiger charge is 2.36. The summed E-state index contributed by atoms with van der Waals surface area (Å²) in [6, 6.07) is 0. The molecule has 1 atom stereocenters. The molecule has 2 saturated heterocycles. The van der Waals surface area contributed by atoms with Crippen LogP contribution in [0.3, 0.4) is 0 Å². The zero-order valence-corrected chi connectivity index (χ0v) is 11.8. The molecule has 2 fully saturated rings. The van der Waals surface area contributed by atoms with Crippen LogP contribution >= 0.6 is 0 Å². The molecule has 2 heterocycles. The number of amides is 2. The van der Waals surface area contributed by atoms with E-state index < -0.39 is 18.6 Å². The molecule has 0 radical (unpaired) electrons. The highest BCUT2D eigenvalue weighted by atomic mass is 19.4. The van der Waals surface area contributed by atoms with E-state index in [2.05, 4.69) is 5.32 Å². The van der Waals surface area contributed by atoms with Gasteiger partial charge in [-0.3, -0.25) is 14.5 Å². The molecule has 2 aliphatic rings. The monoisotopic (exact) mass is 307 g/mol. The van der Waals surface area contributed by atoms with Gasteiger partial charge in [0.25, 0.3) is 0 Å². The van der Waals surface area contributed by atoms with Crippen molar-refractivity contribution < 1.29 is 22.8 Å². The normalized spacial score (nSPS) is 25.4. The number of nitrogens with one attached hydrogen (secondary N) is 1. The van der Waals surface area contributed by atoms with Crippen molar-refractivity contribution in [3.05, 3.63) is 0 Å². The van der Waals surface area contributed by atoms with Gasteiger partial charge in [0.05, 0.1) is 12.5 Å². The molecule has 8 heteroatoms. The summed E-state index contributed by atoms with van der Waals surface area (Å²) in [5.74, 6) is -0.611. The van der Waals surface area contributed by atoms with Crippen molar-refractivity contribution in [2.45, 2.75) is 25.4 Å². The van der Waals surface area contributed by atoms with Crippen LogP contribution in [0.5, 0.6) is 0 Å². The molecule has 0 aromatic carbocycles. The van der Waals surface area contributed by atoms with Crippen molar-refractivity contribution in [1.82, 2.24) is 15.1 Å². The topological polar surface area (TPSA) is 52.7 Å². The molecule has 2 amide bonds. The maximum absolute atomic E-state index is 12.4. The Hall–Kier alpha value is -1.31. The highest BCUT2D eigenvalue weighted by Crippen LogP contribution is 2.23. The van der Waals surface area contributed by atoms with E-state index in [1.807, 2.05) is 0 Å². The van der Waals surface area contributed by atoms with Crippen LogP contribution in [0.2, 0.25) is 0 Å². The number of halogens is 3. The maximum Gasteiger partial charge on any atom is 0.401 e. The predicted octanol–water partition coefficient (Wildman–Crippen LogP) is 0.609. The molecule has 2 rings (SSSR count). The third kappa shape index (κ3) is 4.87. The van der Waals surface area contributed by atoms with E-state index in [0.29, 0.717) is 39.0 Å². The number of hydrogen-bond donors (Lipinski definition) is 1. The van der Waals surface area contributed by atoms with Gasteiger partial charge in [0.1, 0.15) is 0 Å². The lowest BCUT2D eigenvalue weighted by Crippen LogP contribution is -2.47. The van der Waals surface area contributed by atoms with Gasteiger partial charge in [-0.15, -0.1) is 0 Å². The van der Waals surface area contributed by atoms with E-state index in [1.165, 1.54) is 4.90 Å². The first-order valence-electron chi connectivity index (χ1n) is 7.20. The van der Waals surface area contributed by atoms with E-state index in [4.69, 9.17) is 0 Å². The first-order valence-corrected chi connectivity index (χ1v) is 7.20. The van der Waals surface area contributed by atoms with Crippen LogP contribution in [0.15, 0.2) is 0 Å². The van der Waals surface area contributed by atoms with Crippen molar-refractivity contribution >= 4 is 11.8 Å². The Bertz CT molecular complexity index is 401. The van der Waals surface area contributed by atoms with Crippen molar-refractivity contribution in [3.8, 4) is 0 Å². The number of piperidine rings is 1. The average Bonchev–Trinajstić information content (AvgIpc) is 2.61. The number of carbonyl (C=O) groups excluding carboxylic acids is 2. The standard InChI is InChI=1S/C13H20F3N3O2/c14-13(15,16)9-18-5-1-2-10(8-18)12(21)19-6-3-11(20)17-4-7-19/h10H,1-9H2,(H,17,20). The van der Waals surface area contributed by atoms with Gasteiger partial charge in [-0.1, -0.05) is 0 Å². The fraction of sp³-hybridized carbons (Fsp3) is 0.846. The summed E-state index contributed by atoms with van der Waals surface area (Å²) in [5.41, 5.74) is 0. The van der Waals surface area contributed by atoms with Crippen LogP contribution in [0.4, 0.5) is 13.2 Å². The van der Waals surface area contributed by atoms with Gasteiger partial charge >= 0.3 is 6.18 Å². The summed E-state index contributed by atoms with van der Waals surface area (Å²) < 4.78 is 37.3. The van der Waals surface area contributed by atoms with E-state index >= 15 is 0 Å². The second-order valence-electron chi connectivity index (χ2n) is 5.61.